The number of aliphatic hydroxyl groups is 1. The fourth-order valence-corrected chi connectivity index (χ4v) is 2.85. The first-order valence-corrected chi connectivity index (χ1v) is 6.06. The molecule has 7 nitrogen and oxygen atoms in total. The van der Waals surface area contributed by atoms with Gasteiger partial charge in [0.1, 0.15) is 0 Å². The molecule has 0 bridgehead atoms. The minimum Gasteiger partial charge on any atom is -0.810 e. The van der Waals surface area contributed by atoms with Crippen LogP contribution in [-0.4, -0.2) is 17.1 Å². The Morgan fingerprint density at radius 2 is 1.12 bits per heavy atom. The van der Waals surface area contributed by atoms with Gasteiger partial charge in [-0.3, -0.25) is 0 Å². The Kier molecular flexibility index (Phi) is 28.7. The largest absolute Gasteiger partial charge is 1.00 e. The molecule has 16 heavy (non-hydrogen) atoms. The van der Waals surface area contributed by atoms with Crippen LogP contribution in [0.5, 0.6) is 0 Å². The molecule has 74 valence electrons. The summed E-state index contributed by atoms with van der Waals surface area (Å²) in [7, 11) is -10.9. The zero-order chi connectivity index (χ0) is 9.99. The standard InChI is InChI=1S/C3H10O7P2.4Na/c4-2-1-3(11(5,6)7)12(8,9)10;;;;/h3-4H,1-2H2,(H2,5,6,7)(H2,8,9,10);;;;/q;4*+1/p-4. The van der Waals surface area contributed by atoms with Crippen LogP contribution >= 0.6 is 15.2 Å². The zero-order valence-electron chi connectivity index (χ0n) is 9.78. The SMILES string of the molecule is O=P([O-])([O-])C(CCO)P(=O)([O-])[O-].[Na+].[Na+].[Na+].[Na+]. The summed E-state index contributed by atoms with van der Waals surface area (Å²) in [6.45, 7) is -0.840. The van der Waals surface area contributed by atoms with Gasteiger partial charge in [0.25, 0.3) is 0 Å². The fourth-order valence-electron chi connectivity index (χ4n) is 0.605. The van der Waals surface area contributed by atoms with Crippen molar-refractivity contribution in [3.63, 3.8) is 0 Å². The first kappa shape index (κ1) is 32.3. The second kappa shape index (κ2) is 14.2. The van der Waals surface area contributed by atoms with Gasteiger partial charge in [0.15, 0.2) is 0 Å². The fraction of sp³-hybridized carbons (Fsp3) is 1.00. The molecule has 0 aromatic carbocycles. The van der Waals surface area contributed by atoms with Crippen molar-refractivity contribution in [2.45, 2.75) is 11.8 Å². The first-order chi connectivity index (χ1) is 5.19. The van der Waals surface area contributed by atoms with Crippen LogP contribution in [0.3, 0.4) is 0 Å². The van der Waals surface area contributed by atoms with Crippen molar-refractivity contribution in [3.05, 3.63) is 0 Å². The van der Waals surface area contributed by atoms with Crippen LogP contribution in [0.1, 0.15) is 6.42 Å². The molecule has 0 saturated carbocycles. The maximum atomic E-state index is 10.2. The molecule has 1 N–H and O–H groups in total. The molecule has 0 spiro atoms. The van der Waals surface area contributed by atoms with Gasteiger partial charge in [0.2, 0.25) is 0 Å². The quantitative estimate of drug-likeness (QED) is 0.400. The van der Waals surface area contributed by atoms with Crippen molar-refractivity contribution in [2.24, 2.45) is 0 Å². The molecule has 0 fully saturated rings. The third kappa shape index (κ3) is 14.7. The van der Waals surface area contributed by atoms with E-state index in [-0.39, 0.29) is 118 Å². The van der Waals surface area contributed by atoms with Crippen molar-refractivity contribution >= 4 is 15.2 Å². The van der Waals surface area contributed by atoms with Crippen molar-refractivity contribution in [3.8, 4) is 0 Å². The molecular formula is C3H6Na4O7P2. The minimum absolute atomic E-state index is 0. The van der Waals surface area contributed by atoms with Crippen LogP contribution in [-0.2, 0) is 9.13 Å². The summed E-state index contributed by atoms with van der Waals surface area (Å²) < 4.78 is 20.3. The number of hydrogen-bond acceptors (Lipinski definition) is 7. The number of rotatable bonds is 4. The smallest absolute Gasteiger partial charge is 0.810 e. The van der Waals surface area contributed by atoms with Crippen LogP contribution in [0.2, 0.25) is 0 Å². The summed E-state index contributed by atoms with van der Waals surface area (Å²) in [5.74, 6) is 0. The Hall–Kier alpha value is 4.26. The third-order valence-electron chi connectivity index (χ3n) is 1.12. The Morgan fingerprint density at radius 3 is 1.19 bits per heavy atom. The molecule has 0 aliphatic rings. The summed E-state index contributed by atoms with van der Waals surface area (Å²) in [6, 6.07) is 0. The third-order valence-corrected chi connectivity index (χ3v) is 4.79. The Labute approximate surface area is 182 Å². The van der Waals surface area contributed by atoms with E-state index < -0.39 is 33.6 Å². The van der Waals surface area contributed by atoms with E-state index in [4.69, 9.17) is 5.11 Å². The van der Waals surface area contributed by atoms with Crippen molar-refractivity contribution in [2.75, 3.05) is 6.61 Å². The van der Waals surface area contributed by atoms with Crippen molar-refractivity contribution in [1.29, 1.82) is 0 Å². The molecule has 0 atom stereocenters. The molecule has 0 aliphatic carbocycles. The topological polar surface area (TPSA) is 147 Å². The van der Waals surface area contributed by atoms with Gasteiger partial charge in [-0.2, -0.15) is 0 Å². The Bertz CT molecular complexity index is 216. The first-order valence-electron chi connectivity index (χ1n) is 2.84. The molecule has 13 heteroatoms. The molecule has 0 saturated heterocycles. The minimum atomic E-state index is -5.46. The predicted molar refractivity (Wildman–Crippen MR) is 30.7 cm³/mol. The van der Waals surface area contributed by atoms with Crippen molar-refractivity contribution < 1.29 is 152 Å². The summed E-state index contributed by atoms with van der Waals surface area (Å²) in [6.07, 6.45) is -0.867. The molecule has 0 aliphatic heterocycles. The summed E-state index contributed by atoms with van der Waals surface area (Å²) >= 11 is 0. The Balaban J connectivity index is -0.000000101. The van der Waals surface area contributed by atoms with Crippen LogP contribution < -0.4 is 138 Å². The second-order valence-corrected chi connectivity index (χ2v) is 5.89. The molecule has 0 radical (unpaired) electrons. The van der Waals surface area contributed by atoms with Crippen LogP contribution in [0, 0.1) is 0 Å². The van der Waals surface area contributed by atoms with E-state index in [0.29, 0.717) is 0 Å². The average molecular weight is 308 g/mol. The molecule has 0 unspecified atom stereocenters. The number of hydrogen-bond donors (Lipinski definition) is 1. The molecule has 0 rings (SSSR count). The molecule has 0 aromatic heterocycles. The van der Waals surface area contributed by atoms with E-state index in [1.807, 2.05) is 0 Å². The number of aliphatic hydroxyl groups excluding tert-OH is 1. The van der Waals surface area contributed by atoms with Crippen LogP contribution in [0.25, 0.3) is 0 Å². The van der Waals surface area contributed by atoms with Gasteiger partial charge in [0, 0.05) is 12.0 Å². The predicted octanol–water partition coefficient (Wildman–Crippen LogP) is -15.5. The maximum absolute atomic E-state index is 10.2. The van der Waals surface area contributed by atoms with Gasteiger partial charge in [-0.05, 0) is 6.42 Å². The Morgan fingerprint density at radius 1 is 0.875 bits per heavy atom. The van der Waals surface area contributed by atoms with Gasteiger partial charge in [-0.25, -0.2) is 0 Å². The molecule has 0 heterocycles. The van der Waals surface area contributed by atoms with E-state index in [1.54, 1.807) is 0 Å². The van der Waals surface area contributed by atoms with E-state index in [1.165, 1.54) is 0 Å². The van der Waals surface area contributed by atoms with Crippen molar-refractivity contribution in [1.82, 2.24) is 0 Å². The van der Waals surface area contributed by atoms with Crippen LogP contribution in [0.15, 0.2) is 0 Å². The van der Waals surface area contributed by atoms with E-state index in [9.17, 15) is 28.7 Å². The van der Waals surface area contributed by atoms with Gasteiger partial charge in [0.05, 0.1) is 0 Å². The average Bonchev–Trinajstić information content (AvgIpc) is 1.77. The normalized spacial score (nSPS) is 10.4. The van der Waals surface area contributed by atoms with E-state index in [2.05, 4.69) is 0 Å². The van der Waals surface area contributed by atoms with E-state index >= 15 is 0 Å². The summed E-state index contributed by atoms with van der Waals surface area (Å²) in [4.78, 5) is 40.6. The second-order valence-electron chi connectivity index (χ2n) is 2.07. The molecule has 0 amide bonds. The monoisotopic (exact) mass is 308 g/mol. The van der Waals surface area contributed by atoms with Gasteiger partial charge < -0.3 is 33.8 Å². The molecule has 0 aromatic rings. The summed E-state index contributed by atoms with van der Waals surface area (Å²) in [5.41, 5.74) is 0. The van der Waals surface area contributed by atoms with Crippen LogP contribution in [0.4, 0.5) is 0 Å². The van der Waals surface area contributed by atoms with Gasteiger partial charge in [-0.15, -0.1) is 0 Å². The summed E-state index contributed by atoms with van der Waals surface area (Å²) in [5, 5.41) is 5.63. The maximum Gasteiger partial charge on any atom is 1.00 e. The van der Waals surface area contributed by atoms with E-state index in [0.717, 1.165) is 0 Å². The molecular weight excluding hydrogens is 302 g/mol. The van der Waals surface area contributed by atoms with Gasteiger partial charge in [-0.1, -0.05) is 15.2 Å². The zero-order valence-corrected chi connectivity index (χ0v) is 19.6. The van der Waals surface area contributed by atoms with Gasteiger partial charge >= 0.3 is 118 Å².